The molecule has 2 aromatic carbocycles. The van der Waals surface area contributed by atoms with Gasteiger partial charge in [0.2, 0.25) is 5.91 Å². The van der Waals surface area contributed by atoms with Crippen LogP contribution in [0.4, 0.5) is 0 Å². The monoisotopic (exact) mass is 465 g/mol. The van der Waals surface area contributed by atoms with Gasteiger partial charge in [-0.1, -0.05) is 38.3 Å². The van der Waals surface area contributed by atoms with Gasteiger partial charge in [-0.3, -0.25) is 15.0 Å². The molecule has 8 heteroatoms. The molecule has 34 heavy (non-hydrogen) atoms. The van der Waals surface area contributed by atoms with Gasteiger partial charge >= 0.3 is 11.9 Å². The highest BCUT2D eigenvalue weighted by Gasteiger charge is 2.18. The summed E-state index contributed by atoms with van der Waals surface area (Å²) in [5.41, 5.74) is 7.40. The number of hydrogen-bond acceptors (Lipinski definition) is 5. The molecule has 0 saturated carbocycles. The van der Waals surface area contributed by atoms with Crippen molar-refractivity contribution in [3.05, 3.63) is 70.8 Å². The summed E-state index contributed by atoms with van der Waals surface area (Å²) < 4.78 is 5.34. The van der Waals surface area contributed by atoms with Crippen LogP contribution in [0.15, 0.2) is 54.1 Å². The molecule has 0 radical (unpaired) electrons. The number of aliphatic carboxylic acids is 1. The Morgan fingerprint density at radius 3 is 2.18 bits per heavy atom. The number of carbonyl (C=O) groups is 3. The smallest absolute Gasteiger partial charge is 0.343 e. The van der Waals surface area contributed by atoms with Gasteiger partial charge < -0.3 is 20.5 Å². The SMILES string of the molecule is CCCCCCN(CC(=O)O)C(=O)/C(C)=C/c1ccc(C(=O)Oc2ccc(C(=N)N)cc2)cc1. The van der Waals surface area contributed by atoms with Gasteiger partial charge in [-0.05, 0) is 61.4 Å². The topological polar surface area (TPSA) is 134 Å². The van der Waals surface area contributed by atoms with E-state index in [-0.39, 0.29) is 18.3 Å². The predicted molar refractivity (Wildman–Crippen MR) is 131 cm³/mol. The zero-order valence-electron chi connectivity index (χ0n) is 19.5. The lowest BCUT2D eigenvalue weighted by molar-refractivity contribution is -0.143. The first kappa shape index (κ1) is 26.3. The van der Waals surface area contributed by atoms with Crippen LogP contribution in [-0.2, 0) is 9.59 Å². The van der Waals surface area contributed by atoms with Gasteiger partial charge in [-0.15, -0.1) is 0 Å². The van der Waals surface area contributed by atoms with Gasteiger partial charge in [0.1, 0.15) is 18.1 Å². The van der Waals surface area contributed by atoms with Gasteiger partial charge in [0.25, 0.3) is 0 Å². The van der Waals surface area contributed by atoms with Crippen LogP contribution in [0, 0.1) is 5.41 Å². The minimum absolute atomic E-state index is 0.0714. The molecule has 8 nitrogen and oxygen atoms in total. The zero-order valence-corrected chi connectivity index (χ0v) is 19.5. The maximum Gasteiger partial charge on any atom is 0.343 e. The molecule has 4 N–H and O–H groups in total. The van der Waals surface area contributed by atoms with Crippen molar-refractivity contribution in [2.24, 2.45) is 5.73 Å². The van der Waals surface area contributed by atoms with E-state index in [0.29, 0.717) is 34.6 Å². The van der Waals surface area contributed by atoms with Crippen LogP contribution >= 0.6 is 0 Å². The molecule has 0 aliphatic heterocycles. The first-order chi connectivity index (χ1) is 16.2. The Bertz CT molecular complexity index is 1040. The summed E-state index contributed by atoms with van der Waals surface area (Å²) in [5, 5.41) is 16.6. The quantitative estimate of drug-likeness (QED) is 0.108. The number of nitrogens with one attached hydrogen (secondary N) is 1. The van der Waals surface area contributed by atoms with Gasteiger partial charge in [0, 0.05) is 17.7 Å². The third-order valence-electron chi connectivity index (χ3n) is 5.14. The van der Waals surface area contributed by atoms with E-state index >= 15 is 0 Å². The lowest BCUT2D eigenvalue weighted by Gasteiger charge is -2.21. The number of nitrogens with zero attached hydrogens (tertiary/aromatic N) is 1. The van der Waals surface area contributed by atoms with E-state index in [0.717, 1.165) is 25.7 Å². The third kappa shape index (κ3) is 8.20. The van der Waals surface area contributed by atoms with Gasteiger partial charge in [-0.2, -0.15) is 0 Å². The van der Waals surface area contributed by atoms with Crippen molar-refractivity contribution in [1.29, 1.82) is 5.41 Å². The molecule has 0 spiro atoms. The first-order valence-electron chi connectivity index (χ1n) is 11.2. The summed E-state index contributed by atoms with van der Waals surface area (Å²) in [5.74, 6) is -1.65. The van der Waals surface area contributed by atoms with E-state index in [1.54, 1.807) is 61.5 Å². The van der Waals surface area contributed by atoms with E-state index in [1.807, 2.05) is 0 Å². The van der Waals surface area contributed by atoms with E-state index < -0.39 is 11.9 Å². The highest BCUT2D eigenvalue weighted by Crippen LogP contribution is 2.16. The number of hydrogen-bond donors (Lipinski definition) is 3. The standard InChI is InChI=1S/C26H31N3O5/c1-3-4-5-6-15-29(17-23(30)31)25(32)18(2)16-19-7-9-21(10-8-19)26(33)34-22-13-11-20(12-14-22)24(27)28/h7-14,16H,3-6,15,17H2,1-2H3,(H3,27,28)(H,30,31)/b18-16+. The molecule has 0 aliphatic carbocycles. The van der Waals surface area contributed by atoms with Gasteiger partial charge in [0.05, 0.1) is 5.56 Å². The summed E-state index contributed by atoms with van der Waals surface area (Å²) >= 11 is 0. The second-order valence-electron chi connectivity index (χ2n) is 7.96. The molecule has 0 aromatic heterocycles. The maximum absolute atomic E-state index is 12.8. The number of rotatable bonds is 12. The van der Waals surface area contributed by atoms with Crippen molar-refractivity contribution in [3.8, 4) is 5.75 Å². The number of unbranched alkanes of at least 4 members (excludes halogenated alkanes) is 3. The lowest BCUT2D eigenvalue weighted by atomic mass is 10.1. The molecule has 2 aromatic rings. The Morgan fingerprint density at radius 1 is 1.00 bits per heavy atom. The molecular weight excluding hydrogens is 434 g/mol. The minimum atomic E-state index is -1.05. The number of amides is 1. The molecule has 180 valence electrons. The van der Waals surface area contributed by atoms with E-state index in [9.17, 15) is 14.4 Å². The molecule has 1 amide bonds. The largest absolute Gasteiger partial charge is 0.480 e. The van der Waals surface area contributed by atoms with Crippen LogP contribution in [-0.4, -0.2) is 46.8 Å². The molecule has 0 heterocycles. The fraction of sp³-hybridized carbons (Fsp3) is 0.308. The van der Waals surface area contributed by atoms with Crippen molar-refractivity contribution in [3.63, 3.8) is 0 Å². The number of amidine groups is 1. The Hall–Kier alpha value is -3.94. The summed E-state index contributed by atoms with van der Waals surface area (Å²) in [6.45, 7) is 3.80. The molecular formula is C26H31N3O5. The number of esters is 1. The summed E-state index contributed by atoms with van der Waals surface area (Å²) in [7, 11) is 0. The van der Waals surface area contributed by atoms with Crippen molar-refractivity contribution in [2.45, 2.75) is 39.5 Å². The second kappa shape index (κ2) is 12.9. The highest BCUT2D eigenvalue weighted by atomic mass is 16.5. The van der Waals surface area contributed by atoms with E-state index in [2.05, 4.69) is 6.92 Å². The average molecular weight is 466 g/mol. The second-order valence-corrected chi connectivity index (χ2v) is 7.96. The number of nitrogen functional groups attached to an aromatic ring is 1. The van der Waals surface area contributed by atoms with E-state index in [4.69, 9.17) is 21.0 Å². The Morgan fingerprint density at radius 2 is 1.62 bits per heavy atom. The third-order valence-corrected chi connectivity index (χ3v) is 5.14. The minimum Gasteiger partial charge on any atom is -0.480 e. The molecule has 0 unspecified atom stereocenters. The Balaban J connectivity index is 2.04. The Kier molecular flexibility index (Phi) is 10.0. The van der Waals surface area contributed by atoms with Crippen molar-refractivity contribution in [1.82, 2.24) is 4.90 Å². The summed E-state index contributed by atoms with van der Waals surface area (Å²) in [6, 6.07) is 12.9. The number of ether oxygens (including phenoxy) is 1. The molecule has 0 fully saturated rings. The maximum atomic E-state index is 12.8. The normalized spacial score (nSPS) is 11.1. The van der Waals surface area contributed by atoms with Crippen LogP contribution < -0.4 is 10.5 Å². The fourth-order valence-corrected chi connectivity index (χ4v) is 3.29. The highest BCUT2D eigenvalue weighted by molar-refractivity contribution is 5.99. The fourth-order valence-electron chi connectivity index (χ4n) is 3.29. The average Bonchev–Trinajstić information content (AvgIpc) is 2.81. The molecule has 0 atom stereocenters. The molecule has 2 rings (SSSR count). The van der Waals surface area contributed by atoms with Crippen LogP contribution in [0.3, 0.4) is 0 Å². The van der Waals surface area contributed by atoms with Crippen molar-refractivity contribution >= 4 is 29.8 Å². The van der Waals surface area contributed by atoms with E-state index in [1.165, 1.54) is 4.90 Å². The Labute approximate surface area is 199 Å². The van der Waals surface area contributed by atoms with Gasteiger partial charge in [-0.25, -0.2) is 4.79 Å². The van der Waals surface area contributed by atoms with Gasteiger partial charge in [0.15, 0.2) is 0 Å². The number of carboxylic acids is 1. The molecule has 0 aliphatic rings. The van der Waals surface area contributed by atoms with Crippen molar-refractivity contribution in [2.75, 3.05) is 13.1 Å². The predicted octanol–water partition coefficient (Wildman–Crippen LogP) is 4.09. The molecule has 0 bridgehead atoms. The number of carboxylic acid groups (broad SMARTS) is 1. The summed E-state index contributed by atoms with van der Waals surface area (Å²) in [6.07, 6.45) is 5.47. The van der Waals surface area contributed by atoms with Crippen LogP contribution in [0.25, 0.3) is 6.08 Å². The van der Waals surface area contributed by atoms with Crippen LogP contribution in [0.2, 0.25) is 0 Å². The molecule has 0 saturated heterocycles. The zero-order chi connectivity index (χ0) is 25.1. The number of benzene rings is 2. The van der Waals surface area contributed by atoms with Crippen LogP contribution in [0.5, 0.6) is 5.75 Å². The van der Waals surface area contributed by atoms with Crippen molar-refractivity contribution < 1.29 is 24.2 Å². The lowest BCUT2D eigenvalue weighted by Crippen LogP contribution is -2.36. The first-order valence-corrected chi connectivity index (χ1v) is 11.2. The number of carbonyl (C=O) groups excluding carboxylic acids is 2. The summed E-state index contributed by atoms with van der Waals surface area (Å²) in [4.78, 5) is 37.7. The van der Waals surface area contributed by atoms with Crippen LogP contribution in [0.1, 0.15) is 61.0 Å². The number of nitrogens with two attached hydrogens (primary N) is 1.